The molecule has 0 saturated heterocycles. The summed E-state index contributed by atoms with van der Waals surface area (Å²) < 4.78 is 8.23. The Labute approximate surface area is 232 Å². The van der Waals surface area contributed by atoms with Crippen molar-refractivity contribution in [1.82, 2.24) is 9.55 Å². The first-order valence-electron chi connectivity index (χ1n) is 14.2. The van der Waals surface area contributed by atoms with Crippen molar-refractivity contribution >= 4 is 68.8 Å². The highest BCUT2D eigenvalue weighted by Crippen LogP contribution is 2.40. The average Bonchev–Trinajstić information content (AvgIpc) is 3.37. The van der Waals surface area contributed by atoms with E-state index in [1.807, 2.05) is 0 Å². The monoisotopic (exact) mass is 508 g/mol. The minimum Gasteiger partial charge on any atom is -0.496 e. The molecule has 0 N–H and O–H groups in total. The van der Waals surface area contributed by atoms with Crippen LogP contribution in [0.25, 0.3) is 54.7 Å². The SMILES string of the molecule is C[B]c1ccc2c3ccc([B]C)cc3c3c(nc(-c4ccc(OC)c5ccccc45)n3CCCCCC)c2c1. The Morgan fingerprint density at radius 1 is 0.718 bits per heavy atom. The third kappa shape index (κ3) is 4.38. The van der Waals surface area contributed by atoms with Crippen LogP contribution in [-0.4, -0.2) is 31.2 Å². The quantitative estimate of drug-likeness (QED) is 0.115. The van der Waals surface area contributed by atoms with Gasteiger partial charge in [-0.3, -0.25) is 0 Å². The van der Waals surface area contributed by atoms with Crippen molar-refractivity contribution in [2.24, 2.45) is 0 Å². The highest BCUT2D eigenvalue weighted by atomic mass is 16.5. The fourth-order valence-corrected chi connectivity index (χ4v) is 6.02. The number of aryl methyl sites for hydroxylation is 1. The fraction of sp³-hybridized carbons (Fsp3) is 0.265. The second-order valence-electron chi connectivity index (χ2n) is 10.4. The smallest absolute Gasteiger partial charge is 0.148 e. The Morgan fingerprint density at radius 2 is 1.41 bits per heavy atom. The first-order chi connectivity index (χ1) is 19.2. The van der Waals surface area contributed by atoms with Crippen molar-refractivity contribution < 1.29 is 4.74 Å². The van der Waals surface area contributed by atoms with E-state index in [1.54, 1.807) is 7.11 Å². The number of hydrogen-bond donors (Lipinski definition) is 0. The molecule has 192 valence electrons. The van der Waals surface area contributed by atoms with Crippen LogP contribution in [0.5, 0.6) is 5.75 Å². The van der Waals surface area contributed by atoms with Gasteiger partial charge in [0.05, 0.1) is 18.1 Å². The van der Waals surface area contributed by atoms with Crippen molar-refractivity contribution in [1.29, 1.82) is 0 Å². The predicted octanol–water partition coefficient (Wildman–Crippen LogP) is 7.51. The van der Waals surface area contributed by atoms with Crippen LogP contribution >= 0.6 is 0 Å². The lowest BCUT2D eigenvalue weighted by molar-refractivity contribution is 0.420. The molecule has 39 heavy (non-hydrogen) atoms. The maximum atomic E-state index is 5.73. The van der Waals surface area contributed by atoms with Crippen molar-refractivity contribution in [3.05, 3.63) is 72.8 Å². The minimum absolute atomic E-state index is 0.891. The summed E-state index contributed by atoms with van der Waals surface area (Å²) in [7, 11) is 6.10. The second-order valence-corrected chi connectivity index (χ2v) is 10.4. The van der Waals surface area contributed by atoms with Gasteiger partial charge >= 0.3 is 0 Å². The number of methoxy groups -OCH3 is 1. The Kier molecular flexibility index (Phi) is 7.08. The van der Waals surface area contributed by atoms with Crippen LogP contribution in [0.3, 0.4) is 0 Å². The molecule has 0 aliphatic rings. The van der Waals surface area contributed by atoms with Gasteiger partial charge in [0.1, 0.15) is 26.1 Å². The predicted molar refractivity (Wildman–Crippen MR) is 171 cm³/mol. The van der Waals surface area contributed by atoms with E-state index in [1.165, 1.54) is 62.6 Å². The molecule has 0 fully saturated rings. The summed E-state index contributed by atoms with van der Waals surface area (Å²) in [6.45, 7) is 7.42. The van der Waals surface area contributed by atoms with Gasteiger partial charge < -0.3 is 9.30 Å². The normalized spacial score (nSPS) is 11.6. The maximum Gasteiger partial charge on any atom is 0.148 e. The van der Waals surface area contributed by atoms with E-state index in [0.29, 0.717) is 0 Å². The first kappa shape index (κ1) is 25.6. The number of hydrogen-bond acceptors (Lipinski definition) is 2. The van der Waals surface area contributed by atoms with Gasteiger partial charge in [0.25, 0.3) is 0 Å². The van der Waals surface area contributed by atoms with Crippen molar-refractivity contribution in [3.8, 4) is 17.1 Å². The highest BCUT2D eigenvalue weighted by molar-refractivity contribution is 6.53. The Balaban J connectivity index is 1.75. The summed E-state index contributed by atoms with van der Waals surface area (Å²) in [5.41, 5.74) is 5.92. The molecule has 1 heterocycles. The molecule has 1 aromatic heterocycles. The molecule has 5 heteroatoms. The third-order valence-electron chi connectivity index (χ3n) is 8.10. The summed E-state index contributed by atoms with van der Waals surface area (Å²) in [4.78, 5) is 5.49. The van der Waals surface area contributed by atoms with Crippen LogP contribution in [0, 0.1) is 0 Å². The van der Waals surface area contributed by atoms with E-state index in [2.05, 4.69) is 112 Å². The molecular weight excluding hydrogens is 474 g/mol. The van der Waals surface area contributed by atoms with Gasteiger partial charge in [-0.05, 0) is 34.7 Å². The lowest BCUT2D eigenvalue weighted by Crippen LogP contribution is -2.11. The molecule has 0 unspecified atom stereocenters. The Bertz CT molecular complexity index is 1820. The van der Waals surface area contributed by atoms with Crippen LogP contribution in [0.15, 0.2) is 72.8 Å². The number of fused-ring (bicyclic) bond motifs is 7. The second kappa shape index (κ2) is 10.8. The summed E-state index contributed by atoms with van der Waals surface area (Å²) in [5, 5.41) is 7.31. The first-order valence-corrected chi connectivity index (χ1v) is 14.2. The molecule has 6 aromatic rings. The highest BCUT2D eigenvalue weighted by Gasteiger charge is 2.21. The van der Waals surface area contributed by atoms with E-state index < -0.39 is 0 Å². The number of aromatic nitrogens is 2. The molecule has 0 saturated carbocycles. The molecular formula is C34H34B2N2O. The van der Waals surface area contributed by atoms with Crippen molar-refractivity contribution in [2.45, 2.75) is 52.8 Å². The standard InChI is InChI=1S/C34H34B2N2O/c1-5-6-7-10-19-38-33-30-21-23(36-3)14-16-26(30)25-15-13-22(35-2)20-29(25)32(33)37-34(38)28-17-18-31(39-4)27-12-9-8-11-24(27)28/h8-9,11-18,20-21H,5-7,10,19H2,1-4H3. The molecule has 0 spiro atoms. The van der Waals surface area contributed by atoms with Crippen molar-refractivity contribution in [3.63, 3.8) is 0 Å². The summed E-state index contributed by atoms with van der Waals surface area (Å²) >= 11 is 0. The molecule has 6 rings (SSSR count). The summed E-state index contributed by atoms with van der Waals surface area (Å²) in [6.07, 6.45) is 4.82. The Morgan fingerprint density at radius 3 is 2.10 bits per heavy atom. The van der Waals surface area contributed by atoms with Crippen LogP contribution in [0.4, 0.5) is 0 Å². The van der Waals surface area contributed by atoms with Gasteiger partial charge in [0.15, 0.2) is 0 Å². The van der Waals surface area contributed by atoms with E-state index in [9.17, 15) is 0 Å². The van der Waals surface area contributed by atoms with Crippen LogP contribution in [0.2, 0.25) is 13.6 Å². The van der Waals surface area contributed by atoms with Gasteiger partial charge in [0, 0.05) is 28.3 Å². The molecule has 5 aromatic carbocycles. The third-order valence-corrected chi connectivity index (χ3v) is 8.10. The average molecular weight is 508 g/mol. The van der Waals surface area contributed by atoms with E-state index in [0.717, 1.165) is 41.0 Å². The summed E-state index contributed by atoms with van der Waals surface area (Å²) in [5.74, 6) is 1.92. The molecule has 2 radical (unpaired) electrons. The lowest BCUT2D eigenvalue weighted by Gasteiger charge is -2.15. The number of benzene rings is 5. The van der Waals surface area contributed by atoms with Gasteiger partial charge in [-0.25, -0.2) is 4.98 Å². The number of ether oxygens (including phenoxy) is 1. The lowest BCUT2D eigenvalue weighted by atomic mass is 9.72. The number of nitrogens with zero attached hydrogens (tertiary/aromatic N) is 2. The molecule has 0 amide bonds. The van der Waals surface area contributed by atoms with Gasteiger partial charge in [-0.2, -0.15) is 0 Å². The van der Waals surface area contributed by atoms with Crippen LogP contribution < -0.4 is 15.7 Å². The van der Waals surface area contributed by atoms with Gasteiger partial charge in [-0.15, -0.1) is 0 Å². The topological polar surface area (TPSA) is 27.1 Å². The van der Waals surface area contributed by atoms with Crippen LogP contribution in [-0.2, 0) is 6.54 Å². The van der Waals surface area contributed by atoms with E-state index in [-0.39, 0.29) is 0 Å². The maximum absolute atomic E-state index is 5.73. The molecule has 0 aliphatic carbocycles. The zero-order valence-corrected chi connectivity index (χ0v) is 23.4. The van der Waals surface area contributed by atoms with Gasteiger partial charge in [-0.1, -0.05) is 111 Å². The Hall–Kier alpha value is -3.72. The molecule has 0 bridgehead atoms. The zero-order valence-electron chi connectivity index (χ0n) is 23.4. The zero-order chi connectivity index (χ0) is 26.9. The van der Waals surface area contributed by atoms with Crippen LogP contribution in [0.1, 0.15) is 32.6 Å². The number of rotatable bonds is 9. The summed E-state index contributed by atoms with van der Waals surface area (Å²) in [6, 6.07) is 26.4. The minimum atomic E-state index is 0.891. The number of imidazole rings is 1. The van der Waals surface area contributed by atoms with E-state index in [4.69, 9.17) is 9.72 Å². The largest absolute Gasteiger partial charge is 0.496 e. The fourth-order valence-electron chi connectivity index (χ4n) is 6.02. The van der Waals surface area contributed by atoms with Gasteiger partial charge in [0.2, 0.25) is 0 Å². The van der Waals surface area contributed by atoms with Crippen molar-refractivity contribution in [2.75, 3.05) is 7.11 Å². The molecule has 3 nitrogen and oxygen atoms in total. The molecule has 0 aliphatic heterocycles. The van der Waals surface area contributed by atoms with E-state index >= 15 is 0 Å². The molecule has 0 atom stereocenters. The number of unbranched alkanes of at least 4 members (excludes halogenated alkanes) is 3.